The molecule has 5 rings (SSSR count). The number of sulfonamides is 1. The SMILES string of the molecule is Cc1ccc(C)c2sc(N(CCCN3CCOCC3)C(=O)c3ccc(S(=O)(=O)N4CCCCC4C)cc3)nc12. The van der Waals surface area contributed by atoms with Gasteiger partial charge in [0.25, 0.3) is 5.91 Å². The zero-order valence-electron chi connectivity index (χ0n) is 23.1. The number of aromatic nitrogens is 1. The number of nitrogens with zero attached hydrogens (tertiary/aromatic N) is 4. The van der Waals surface area contributed by atoms with Gasteiger partial charge in [0.2, 0.25) is 10.0 Å². The van der Waals surface area contributed by atoms with Crippen LogP contribution in [0.1, 0.15) is 54.1 Å². The van der Waals surface area contributed by atoms with Crippen molar-refractivity contribution in [1.82, 2.24) is 14.2 Å². The first-order valence-electron chi connectivity index (χ1n) is 13.9. The van der Waals surface area contributed by atoms with Crippen LogP contribution in [-0.4, -0.2) is 80.5 Å². The summed E-state index contributed by atoms with van der Waals surface area (Å²) in [4.78, 5) is 23.1. The minimum absolute atomic E-state index is 0.0158. The highest BCUT2D eigenvalue weighted by atomic mass is 32.2. The molecule has 8 nitrogen and oxygen atoms in total. The quantitative estimate of drug-likeness (QED) is 0.385. The maximum absolute atomic E-state index is 13.9. The molecular formula is C29H38N4O4S2. The molecule has 0 aliphatic carbocycles. The molecule has 0 spiro atoms. The van der Waals surface area contributed by atoms with E-state index in [2.05, 4.69) is 24.0 Å². The van der Waals surface area contributed by atoms with Crippen LogP contribution in [0.3, 0.4) is 0 Å². The molecule has 0 saturated carbocycles. The van der Waals surface area contributed by atoms with E-state index in [4.69, 9.17) is 9.72 Å². The average Bonchev–Trinajstić information content (AvgIpc) is 3.40. The largest absolute Gasteiger partial charge is 0.379 e. The Kier molecular flexibility index (Phi) is 8.68. The van der Waals surface area contributed by atoms with Crippen LogP contribution in [0.5, 0.6) is 0 Å². The van der Waals surface area contributed by atoms with Gasteiger partial charge in [-0.15, -0.1) is 0 Å². The molecule has 1 amide bonds. The number of hydrogen-bond donors (Lipinski definition) is 0. The first-order chi connectivity index (χ1) is 18.8. The third kappa shape index (κ3) is 6.05. The molecule has 2 aromatic carbocycles. The Labute approximate surface area is 235 Å². The number of fused-ring (bicyclic) bond motifs is 1. The molecule has 1 atom stereocenters. The topological polar surface area (TPSA) is 83.0 Å². The maximum atomic E-state index is 13.9. The third-order valence-corrected chi connectivity index (χ3v) is 11.1. The van der Waals surface area contributed by atoms with Crippen molar-refractivity contribution in [2.45, 2.75) is 57.4 Å². The molecule has 0 radical (unpaired) electrons. The lowest BCUT2D eigenvalue weighted by Crippen LogP contribution is -2.41. The Morgan fingerprint density at radius 1 is 1.05 bits per heavy atom. The van der Waals surface area contributed by atoms with Crippen molar-refractivity contribution in [2.75, 3.05) is 50.8 Å². The van der Waals surface area contributed by atoms with Crippen LogP contribution in [0.2, 0.25) is 0 Å². The Morgan fingerprint density at radius 2 is 1.77 bits per heavy atom. The van der Waals surface area contributed by atoms with Gasteiger partial charge in [-0.3, -0.25) is 14.6 Å². The fraction of sp³-hybridized carbons (Fsp3) is 0.517. The number of morpholine rings is 1. The van der Waals surface area contributed by atoms with Crippen LogP contribution in [0.15, 0.2) is 41.3 Å². The molecule has 0 bridgehead atoms. The molecule has 210 valence electrons. The lowest BCUT2D eigenvalue weighted by Gasteiger charge is -2.32. The summed E-state index contributed by atoms with van der Waals surface area (Å²) < 4.78 is 34.7. The van der Waals surface area contributed by atoms with Gasteiger partial charge in [-0.2, -0.15) is 4.31 Å². The number of carbonyl (C=O) groups excluding carboxylic acids is 1. The van der Waals surface area contributed by atoms with Crippen molar-refractivity contribution in [3.05, 3.63) is 53.1 Å². The van der Waals surface area contributed by atoms with Crippen LogP contribution in [0.25, 0.3) is 10.2 Å². The van der Waals surface area contributed by atoms with E-state index in [0.29, 0.717) is 23.8 Å². The van der Waals surface area contributed by atoms with Crippen LogP contribution in [-0.2, 0) is 14.8 Å². The molecule has 3 heterocycles. The van der Waals surface area contributed by atoms with E-state index in [0.717, 1.165) is 79.9 Å². The molecule has 1 aromatic heterocycles. The zero-order chi connectivity index (χ0) is 27.6. The Bertz CT molecular complexity index is 1380. The average molecular weight is 571 g/mol. The monoisotopic (exact) mass is 570 g/mol. The van der Waals surface area contributed by atoms with E-state index in [1.54, 1.807) is 33.5 Å². The smallest absolute Gasteiger partial charge is 0.260 e. The number of thiazole rings is 1. The number of amides is 1. The van der Waals surface area contributed by atoms with Gasteiger partial charge in [0.15, 0.2) is 5.13 Å². The maximum Gasteiger partial charge on any atom is 0.260 e. The number of aryl methyl sites for hydroxylation is 2. The molecule has 3 aromatic rings. The number of carbonyl (C=O) groups is 1. The summed E-state index contributed by atoms with van der Waals surface area (Å²) in [7, 11) is -3.60. The van der Waals surface area contributed by atoms with Gasteiger partial charge in [-0.05, 0) is 75.4 Å². The summed E-state index contributed by atoms with van der Waals surface area (Å²) in [6.07, 6.45) is 3.60. The van der Waals surface area contributed by atoms with Crippen LogP contribution >= 0.6 is 11.3 Å². The Balaban J connectivity index is 1.40. The summed E-state index contributed by atoms with van der Waals surface area (Å²) in [5.74, 6) is -0.165. The molecule has 1 unspecified atom stereocenters. The van der Waals surface area contributed by atoms with Crippen LogP contribution in [0, 0.1) is 13.8 Å². The third-order valence-electron chi connectivity index (χ3n) is 7.82. The molecule has 2 aliphatic heterocycles. The second-order valence-corrected chi connectivity index (χ2v) is 13.5. The first kappa shape index (κ1) is 28.2. The van der Waals surface area contributed by atoms with Crippen molar-refractivity contribution >= 4 is 42.6 Å². The second kappa shape index (κ2) is 12.0. The fourth-order valence-electron chi connectivity index (χ4n) is 5.41. The first-order valence-corrected chi connectivity index (χ1v) is 16.1. The summed E-state index contributed by atoms with van der Waals surface area (Å²) in [5.41, 5.74) is 3.61. The van der Waals surface area contributed by atoms with Crippen molar-refractivity contribution in [3.63, 3.8) is 0 Å². The number of anilines is 1. The van der Waals surface area contributed by atoms with E-state index < -0.39 is 10.0 Å². The van der Waals surface area contributed by atoms with Gasteiger partial charge in [0, 0.05) is 44.3 Å². The highest BCUT2D eigenvalue weighted by Gasteiger charge is 2.31. The summed E-state index contributed by atoms with van der Waals surface area (Å²) >= 11 is 1.54. The zero-order valence-corrected chi connectivity index (χ0v) is 24.7. The molecular weight excluding hydrogens is 532 g/mol. The van der Waals surface area contributed by atoms with Crippen LogP contribution < -0.4 is 4.90 Å². The lowest BCUT2D eigenvalue weighted by molar-refractivity contribution is 0.0376. The van der Waals surface area contributed by atoms with Crippen molar-refractivity contribution in [3.8, 4) is 0 Å². The van der Waals surface area contributed by atoms with Crippen molar-refractivity contribution in [2.24, 2.45) is 0 Å². The highest BCUT2D eigenvalue weighted by molar-refractivity contribution is 7.89. The van der Waals surface area contributed by atoms with E-state index in [-0.39, 0.29) is 16.8 Å². The normalized spacial score (nSPS) is 19.4. The van der Waals surface area contributed by atoms with Gasteiger partial charge < -0.3 is 4.74 Å². The Hall–Kier alpha value is -2.37. The van der Waals surface area contributed by atoms with Gasteiger partial charge in [0.1, 0.15) is 0 Å². The molecule has 39 heavy (non-hydrogen) atoms. The van der Waals surface area contributed by atoms with Crippen LogP contribution in [0.4, 0.5) is 5.13 Å². The van der Waals surface area contributed by atoms with Crippen molar-refractivity contribution in [1.29, 1.82) is 0 Å². The van der Waals surface area contributed by atoms with Crippen molar-refractivity contribution < 1.29 is 17.9 Å². The number of hydrogen-bond acceptors (Lipinski definition) is 7. The van der Waals surface area contributed by atoms with Gasteiger partial charge in [0.05, 0.1) is 28.3 Å². The minimum atomic E-state index is -3.60. The standard InChI is InChI=1S/C29H38N4O4S2/c1-21-8-9-22(2)27-26(21)30-29(38-27)32(15-6-14-31-17-19-37-20-18-31)28(34)24-10-12-25(13-11-24)39(35,36)33-16-5-4-7-23(33)3/h8-13,23H,4-7,14-20H2,1-3H3. The number of benzene rings is 2. The van der Waals surface area contributed by atoms with Gasteiger partial charge in [-0.25, -0.2) is 13.4 Å². The van der Waals surface area contributed by atoms with Gasteiger partial charge in [-0.1, -0.05) is 29.9 Å². The minimum Gasteiger partial charge on any atom is -0.379 e. The molecule has 0 N–H and O–H groups in total. The summed E-state index contributed by atoms with van der Waals surface area (Å²) in [5, 5.41) is 0.674. The molecule has 2 fully saturated rings. The number of rotatable bonds is 8. The number of ether oxygens (including phenoxy) is 1. The predicted octanol–water partition coefficient (Wildman–Crippen LogP) is 4.85. The summed E-state index contributed by atoms with van der Waals surface area (Å²) in [6.45, 7) is 11.3. The lowest BCUT2D eigenvalue weighted by atomic mass is 10.1. The fourth-order valence-corrected chi connectivity index (χ4v) is 8.25. The second-order valence-electron chi connectivity index (χ2n) is 10.6. The van der Waals surface area contributed by atoms with Gasteiger partial charge >= 0.3 is 0 Å². The number of piperidine rings is 1. The van der Waals surface area contributed by atoms with E-state index in [1.807, 2.05) is 13.8 Å². The molecule has 2 aliphatic rings. The van der Waals surface area contributed by atoms with E-state index in [9.17, 15) is 13.2 Å². The summed E-state index contributed by atoms with van der Waals surface area (Å²) in [6, 6.07) is 10.6. The highest BCUT2D eigenvalue weighted by Crippen LogP contribution is 2.34. The van der Waals surface area contributed by atoms with E-state index in [1.165, 1.54) is 11.3 Å². The van der Waals surface area contributed by atoms with E-state index >= 15 is 0 Å². The Morgan fingerprint density at radius 3 is 2.46 bits per heavy atom. The predicted molar refractivity (Wildman–Crippen MR) is 156 cm³/mol. The molecule has 10 heteroatoms. The molecule has 2 saturated heterocycles.